The summed E-state index contributed by atoms with van der Waals surface area (Å²) in [5.74, 6) is 1.42. The van der Waals surface area contributed by atoms with Crippen LogP contribution in [-0.2, 0) is 0 Å². The zero-order valence-corrected chi connectivity index (χ0v) is 10.5. The van der Waals surface area contributed by atoms with Gasteiger partial charge in [-0.05, 0) is 18.4 Å². The van der Waals surface area contributed by atoms with E-state index in [1.807, 2.05) is 0 Å². The van der Waals surface area contributed by atoms with Crippen molar-refractivity contribution in [2.45, 2.75) is 25.7 Å². The average Bonchev–Trinajstić information content (AvgIpc) is 2.31. The number of nitrogens with one attached hydrogen (secondary N) is 1. The van der Waals surface area contributed by atoms with E-state index >= 15 is 0 Å². The SMILES string of the molecule is COc1ccc([N+](=O)[O-])c(NCCC2CCC2)c1. The Morgan fingerprint density at radius 1 is 1.50 bits per heavy atom. The van der Waals surface area contributed by atoms with Crippen molar-refractivity contribution in [3.63, 3.8) is 0 Å². The van der Waals surface area contributed by atoms with Crippen LogP contribution in [0.25, 0.3) is 0 Å². The monoisotopic (exact) mass is 250 g/mol. The first-order chi connectivity index (χ1) is 8.70. The van der Waals surface area contributed by atoms with Crippen LogP contribution in [0.2, 0.25) is 0 Å². The molecular formula is C13H18N2O3. The van der Waals surface area contributed by atoms with Crippen LogP contribution in [0, 0.1) is 16.0 Å². The van der Waals surface area contributed by atoms with E-state index < -0.39 is 0 Å². The number of methoxy groups -OCH3 is 1. The number of nitro groups is 1. The predicted molar refractivity (Wildman–Crippen MR) is 70.1 cm³/mol. The van der Waals surface area contributed by atoms with Crippen LogP contribution in [0.15, 0.2) is 18.2 Å². The summed E-state index contributed by atoms with van der Waals surface area (Å²) in [6.07, 6.45) is 4.99. The Labute approximate surface area is 106 Å². The van der Waals surface area contributed by atoms with Gasteiger partial charge in [0.1, 0.15) is 11.4 Å². The Bertz CT molecular complexity index is 430. The number of rotatable bonds is 6. The number of hydrogen-bond acceptors (Lipinski definition) is 4. The molecule has 1 saturated carbocycles. The lowest BCUT2D eigenvalue weighted by Gasteiger charge is -2.25. The Balaban J connectivity index is 2.00. The molecule has 1 aromatic carbocycles. The molecule has 5 heteroatoms. The maximum atomic E-state index is 10.9. The Morgan fingerprint density at radius 2 is 2.28 bits per heavy atom. The van der Waals surface area contributed by atoms with Crippen molar-refractivity contribution in [1.82, 2.24) is 0 Å². The normalized spacial score (nSPS) is 14.9. The fourth-order valence-corrected chi connectivity index (χ4v) is 2.14. The largest absolute Gasteiger partial charge is 0.497 e. The second-order valence-electron chi connectivity index (χ2n) is 4.65. The van der Waals surface area contributed by atoms with E-state index in [1.54, 1.807) is 19.2 Å². The van der Waals surface area contributed by atoms with Crippen LogP contribution in [0.5, 0.6) is 5.75 Å². The minimum Gasteiger partial charge on any atom is -0.497 e. The van der Waals surface area contributed by atoms with Crippen molar-refractivity contribution in [2.75, 3.05) is 19.0 Å². The molecule has 98 valence electrons. The van der Waals surface area contributed by atoms with Crippen molar-refractivity contribution >= 4 is 11.4 Å². The van der Waals surface area contributed by atoms with Crippen LogP contribution >= 0.6 is 0 Å². The van der Waals surface area contributed by atoms with Gasteiger partial charge in [0.15, 0.2) is 0 Å². The first kappa shape index (κ1) is 12.7. The fraction of sp³-hybridized carbons (Fsp3) is 0.538. The molecule has 18 heavy (non-hydrogen) atoms. The van der Waals surface area contributed by atoms with E-state index in [0.29, 0.717) is 11.4 Å². The second-order valence-corrected chi connectivity index (χ2v) is 4.65. The number of nitrogens with zero attached hydrogens (tertiary/aromatic N) is 1. The molecule has 0 amide bonds. The molecule has 0 saturated heterocycles. The maximum absolute atomic E-state index is 10.9. The van der Waals surface area contributed by atoms with E-state index in [1.165, 1.54) is 25.3 Å². The van der Waals surface area contributed by atoms with Crippen molar-refractivity contribution in [2.24, 2.45) is 5.92 Å². The van der Waals surface area contributed by atoms with E-state index in [2.05, 4.69) is 5.32 Å². The molecule has 0 unspecified atom stereocenters. The molecular weight excluding hydrogens is 232 g/mol. The molecule has 0 spiro atoms. The van der Waals surface area contributed by atoms with Gasteiger partial charge in [0.2, 0.25) is 0 Å². The van der Waals surface area contributed by atoms with Gasteiger partial charge in [-0.3, -0.25) is 10.1 Å². The molecule has 1 aliphatic rings. The van der Waals surface area contributed by atoms with Gasteiger partial charge in [-0.15, -0.1) is 0 Å². The molecule has 0 aromatic heterocycles. The van der Waals surface area contributed by atoms with Gasteiger partial charge in [0.25, 0.3) is 5.69 Å². The summed E-state index contributed by atoms with van der Waals surface area (Å²) in [7, 11) is 1.55. The Morgan fingerprint density at radius 3 is 2.83 bits per heavy atom. The topological polar surface area (TPSA) is 64.4 Å². The van der Waals surface area contributed by atoms with Gasteiger partial charge in [-0.2, -0.15) is 0 Å². The third-order valence-electron chi connectivity index (χ3n) is 3.49. The molecule has 1 aliphatic carbocycles. The first-order valence-corrected chi connectivity index (χ1v) is 6.27. The molecule has 1 fully saturated rings. The summed E-state index contributed by atoms with van der Waals surface area (Å²) in [5, 5.41) is 14.1. The fourth-order valence-electron chi connectivity index (χ4n) is 2.14. The molecule has 0 aliphatic heterocycles. The van der Waals surface area contributed by atoms with Crippen LogP contribution in [-0.4, -0.2) is 18.6 Å². The maximum Gasteiger partial charge on any atom is 0.292 e. The molecule has 1 N–H and O–H groups in total. The molecule has 0 radical (unpaired) electrons. The minimum atomic E-state index is -0.370. The number of benzene rings is 1. The second kappa shape index (κ2) is 5.71. The van der Waals surface area contributed by atoms with Crippen LogP contribution < -0.4 is 10.1 Å². The first-order valence-electron chi connectivity index (χ1n) is 6.27. The summed E-state index contributed by atoms with van der Waals surface area (Å²) in [4.78, 5) is 10.5. The standard InChI is InChI=1S/C13H18N2O3/c1-18-11-5-6-13(15(16)17)12(9-11)14-8-7-10-3-2-4-10/h5-6,9-10,14H,2-4,7-8H2,1H3. The third-order valence-corrected chi connectivity index (χ3v) is 3.49. The van der Waals surface area contributed by atoms with Gasteiger partial charge in [0, 0.05) is 18.7 Å². The lowest BCUT2D eigenvalue weighted by atomic mass is 9.83. The van der Waals surface area contributed by atoms with Crippen molar-refractivity contribution < 1.29 is 9.66 Å². The number of ether oxygens (including phenoxy) is 1. The summed E-state index contributed by atoms with van der Waals surface area (Å²) < 4.78 is 5.09. The molecule has 2 rings (SSSR count). The molecule has 0 bridgehead atoms. The average molecular weight is 250 g/mol. The molecule has 1 aromatic rings. The zero-order chi connectivity index (χ0) is 13.0. The van der Waals surface area contributed by atoms with E-state index in [4.69, 9.17) is 4.74 Å². The van der Waals surface area contributed by atoms with Crippen LogP contribution in [0.3, 0.4) is 0 Å². The highest BCUT2D eigenvalue weighted by Crippen LogP contribution is 2.31. The quantitative estimate of drug-likeness (QED) is 0.622. The third kappa shape index (κ3) is 2.91. The van der Waals surface area contributed by atoms with E-state index in [9.17, 15) is 10.1 Å². The van der Waals surface area contributed by atoms with Gasteiger partial charge in [0.05, 0.1) is 12.0 Å². The highest BCUT2D eigenvalue weighted by atomic mass is 16.6. The molecule has 0 atom stereocenters. The lowest BCUT2D eigenvalue weighted by molar-refractivity contribution is -0.384. The van der Waals surface area contributed by atoms with Crippen LogP contribution in [0.1, 0.15) is 25.7 Å². The van der Waals surface area contributed by atoms with E-state index in [-0.39, 0.29) is 10.6 Å². The van der Waals surface area contributed by atoms with Gasteiger partial charge >= 0.3 is 0 Å². The summed E-state index contributed by atoms with van der Waals surface area (Å²) >= 11 is 0. The van der Waals surface area contributed by atoms with Crippen LogP contribution in [0.4, 0.5) is 11.4 Å². The predicted octanol–water partition coefficient (Wildman–Crippen LogP) is 3.21. The summed E-state index contributed by atoms with van der Waals surface area (Å²) in [5.41, 5.74) is 0.642. The molecule has 0 heterocycles. The van der Waals surface area contributed by atoms with Crippen molar-refractivity contribution in [1.29, 1.82) is 0 Å². The Hall–Kier alpha value is -1.78. The van der Waals surface area contributed by atoms with Crippen molar-refractivity contribution in [3.05, 3.63) is 28.3 Å². The number of anilines is 1. The van der Waals surface area contributed by atoms with Gasteiger partial charge in [-0.1, -0.05) is 19.3 Å². The minimum absolute atomic E-state index is 0.101. The number of hydrogen-bond donors (Lipinski definition) is 1. The smallest absolute Gasteiger partial charge is 0.292 e. The summed E-state index contributed by atoms with van der Waals surface area (Å²) in [6.45, 7) is 0.776. The highest BCUT2D eigenvalue weighted by molar-refractivity contribution is 5.64. The van der Waals surface area contributed by atoms with Gasteiger partial charge in [-0.25, -0.2) is 0 Å². The molecule has 5 nitrogen and oxygen atoms in total. The van der Waals surface area contributed by atoms with Crippen molar-refractivity contribution in [3.8, 4) is 5.75 Å². The summed E-state index contributed by atoms with van der Waals surface area (Å²) in [6, 6.07) is 4.76. The van der Waals surface area contributed by atoms with Gasteiger partial charge < -0.3 is 10.1 Å². The number of nitro benzene ring substituents is 1. The Kier molecular flexibility index (Phi) is 4.02. The van der Waals surface area contributed by atoms with E-state index in [0.717, 1.165) is 18.9 Å². The highest BCUT2D eigenvalue weighted by Gasteiger charge is 2.18. The lowest BCUT2D eigenvalue weighted by Crippen LogP contribution is -2.16. The zero-order valence-electron chi connectivity index (χ0n) is 10.5.